The first kappa shape index (κ1) is 12.3. The molecule has 0 aromatic rings. The minimum atomic E-state index is 0.0513. The molecule has 0 amide bonds. The fourth-order valence-electron chi connectivity index (χ4n) is 3.08. The Morgan fingerprint density at radius 3 is 2.62 bits per heavy atom. The van der Waals surface area contributed by atoms with Crippen LogP contribution in [0.4, 0.5) is 0 Å². The lowest BCUT2D eigenvalue weighted by Gasteiger charge is -2.38. The van der Waals surface area contributed by atoms with Crippen molar-refractivity contribution in [2.45, 2.75) is 50.5 Å². The molecule has 1 saturated heterocycles. The van der Waals surface area contributed by atoms with Crippen LogP contribution in [-0.4, -0.2) is 36.9 Å². The van der Waals surface area contributed by atoms with E-state index < -0.39 is 0 Å². The average molecular weight is 226 g/mol. The van der Waals surface area contributed by atoms with Crippen LogP contribution >= 0.6 is 0 Å². The van der Waals surface area contributed by atoms with Crippen LogP contribution in [0.5, 0.6) is 0 Å². The largest absolute Gasteiger partial charge is 0.394 e. The van der Waals surface area contributed by atoms with Crippen molar-refractivity contribution in [2.24, 2.45) is 5.92 Å². The summed E-state index contributed by atoms with van der Waals surface area (Å²) < 4.78 is 0. The molecule has 0 spiro atoms. The van der Waals surface area contributed by atoms with E-state index in [9.17, 15) is 5.11 Å². The molecule has 0 radical (unpaired) electrons. The molecule has 3 nitrogen and oxygen atoms in total. The van der Waals surface area contributed by atoms with E-state index in [0.717, 1.165) is 31.8 Å². The van der Waals surface area contributed by atoms with Crippen molar-refractivity contribution in [3.8, 4) is 0 Å². The SMILES string of the molecule is OCC1(NCC2CCCNC2)CCCCC1. The molecule has 0 bridgehead atoms. The molecule has 3 N–H and O–H groups in total. The molecular weight excluding hydrogens is 200 g/mol. The van der Waals surface area contributed by atoms with E-state index in [2.05, 4.69) is 10.6 Å². The Balaban J connectivity index is 1.77. The van der Waals surface area contributed by atoms with Crippen LogP contribution in [0.15, 0.2) is 0 Å². The number of aliphatic hydroxyl groups is 1. The Hall–Kier alpha value is -0.120. The van der Waals surface area contributed by atoms with Gasteiger partial charge in [-0.2, -0.15) is 0 Å². The highest BCUT2D eigenvalue weighted by Crippen LogP contribution is 2.28. The van der Waals surface area contributed by atoms with E-state index in [-0.39, 0.29) is 5.54 Å². The number of piperidine rings is 1. The van der Waals surface area contributed by atoms with E-state index >= 15 is 0 Å². The highest BCUT2D eigenvalue weighted by atomic mass is 16.3. The zero-order valence-electron chi connectivity index (χ0n) is 10.3. The third-order valence-corrected chi connectivity index (χ3v) is 4.28. The predicted octanol–water partition coefficient (Wildman–Crippen LogP) is 1.27. The lowest BCUT2D eigenvalue weighted by Crippen LogP contribution is -2.52. The summed E-state index contributed by atoms with van der Waals surface area (Å²) in [5.41, 5.74) is 0.0513. The number of hydrogen-bond acceptors (Lipinski definition) is 3. The van der Waals surface area contributed by atoms with E-state index in [1.807, 2.05) is 0 Å². The van der Waals surface area contributed by atoms with E-state index in [1.165, 1.54) is 38.6 Å². The molecule has 2 fully saturated rings. The second kappa shape index (κ2) is 5.99. The fraction of sp³-hybridized carbons (Fsp3) is 1.00. The van der Waals surface area contributed by atoms with Crippen molar-refractivity contribution in [2.75, 3.05) is 26.2 Å². The molecule has 1 aliphatic carbocycles. The number of rotatable bonds is 4. The van der Waals surface area contributed by atoms with Gasteiger partial charge in [-0.05, 0) is 51.2 Å². The van der Waals surface area contributed by atoms with Crippen LogP contribution in [0.2, 0.25) is 0 Å². The summed E-state index contributed by atoms with van der Waals surface area (Å²) in [6.45, 7) is 3.72. The van der Waals surface area contributed by atoms with Crippen LogP contribution < -0.4 is 10.6 Å². The number of nitrogens with one attached hydrogen (secondary N) is 2. The zero-order chi connectivity index (χ0) is 11.3. The highest BCUT2D eigenvalue weighted by Gasteiger charge is 2.31. The molecule has 16 heavy (non-hydrogen) atoms. The van der Waals surface area contributed by atoms with Gasteiger partial charge in [-0.3, -0.25) is 0 Å². The van der Waals surface area contributed by atoms with Crippen molar-refractivity contribution in [1.82, 2.24) is 10.6 Å². The van der Waals surface area contributed by atoms with Gasteiger partial charge in [-0.15, -0.1) is 0 Å². The number of hydrogen-bond donors (Lipinski definition) is 3. The Labute approximate surface area is 99.0 Å². The minimum Gasteiger partial charge on any atom is -0.394 e. The van der Waals surface area contributed by atoms with Gasteiger partial charge in [-0.25, -0.2) is 0 Å². The van der Waals surface area contributed by atoms with Crippen LogP contribution in [0.25, 0.3) is 0 Å². The van der Waals surface area contributed by atoms with Crippen molar-refractivity contribution in [3.63, 3.8) is 0 Å². The van der Waals surface area contributed by atoms with Gasteiger partial charge in [0.25, 0.3) is 0 Å². The lowest BCUT2D eigenvalue weighted by molar-refractivity contribution is 0.114. The highest BCUT2D eigenvalue weighted by molar-refractivity contribution is 4.91. The van der Waals surface area contributed by atoms with Crippen LogP contribution in [-0.2, 0) is 0 Å². The second-order valence-electron chi connectivity index (χ2n) is 5.59. The lowest BCUT2D eigenvalue weighted by atomic mass is 9.82. The second-order valence-corrected chi connectivity index (χ2v) is 5.59. The van der Waals surface area contributed by atoms with Gasteiger partial charge < -0.3 is 15.7 Å². The van der Waals surface area contributed by atoms with Crippen molar-refractivity contribution in [1.29, 1.82) is 0 Å². The Bertz CT molecular complexity index is 196. The normalized spacial score (nSPS) is 30.2. The first-order chi connectivity index (χ1) is 7.85. The Morgan fingerprint density at radius 2 is 2.00 bits per heavy atom. The van der Waals surface area contributed by atoms with E-state index in [0.29, 0.717) is 6.61 Å². The van der Waals surface area contributed by atoms with Crippen molar-refractivity contribution >= 4 is 0 Å². The summed E-state index contributed by atoms with van der Waals surface area (Å²) in [7, 11) is 0. The zero-order valence-corrected chi connectivity index (χ0v) is 10.3. The molecule has 0 aromatic heterocycles. The average Bonchev–Trinajstić information content (AvgIpc) is 2.39. The molecule has 1 saturated carbocycles. The predicted molar refractivity (Wildman–Crippen MR) is 66.5 cm³/mol. The third-order valence-electron chi connectivity index (χ3n) is 4.28. The molecule has 2 aliphatic rings. The topological polar surface area (TPSA) is 44.3 Å². The molecule has 0 aromatic carbocycles. The molecule has 94 valence electrons. The molecule has 3 heteroatoms. The molecule has 1 unspecified atom stereocenters. The molecule has 2 rings (SSSR count). The summed E-state index contributed by atoms with van der Waals surface area (Å²) in [6.07, 6.45) is 8.84. The van der Waals surface area contributed by atoms with Crippen LogP contribution in [0.3, 0.4) is 0 Å². The smallest absolute Gasteiger partial charge is 0.0613 e. The summed E-state index contributed by atoms with van der Waals surface area (Å²) in [6, 6.07) is 0. The van der Waals surface area contributed by atoms with Gasteiger partial charge in [0.15, 0.2) is 0 Å². The summed E-state index contributed by atoms with van der Waals surface area (Å²) >= 11 is 0. The minimum absolute atomic E-state index is 0.0513. The van der Waals surface area contributed by atoms with Crippen molar-refractivity contribution < 1.29 is 5.11 Å². The van der Waals surface area contributed by atoms with Gasteiger partial charge in [0, 0.05) is 5.54 Å². The first-order valence-corrected chi connectivity index (χ1v) is 6.91. The molecule has 1 heterocycles. The molecular formula is C13H26N2O. The van der Waals surface area contributed by atoms with Crippen LogP contribution in [0.1, 0.15) is 44.9 Å². The molecule has 1 atom stereocenters. The molecule has 1 aliphatic heterocycles. The fourth-order valence-corrected chi connectivity index (χ4v) is 3.08. The number of aliphatic hydroxyl groups excluding tert-OH is 1. The summed E-state index contributed by atoms with van der Waals surface area (Å²) in [5.74, 6) is 0.763. The summed E-state index contributed by atoms with van der Waals surface area (Å²) in [4.78, 5) is 0. The van der Waals surface area contributed by atoms with E-state index in [4.69, 9.17) is 0 Å². The quantitative estimate of drug-likeness (QED) is 0.676. The van der Waals surface area contributed by atoms with Gasteiger partial charge in [0.2, 0.25) is 0 Å². The maximum Gasteiger partial charge on any atom is 0.0613 e. The maximum atomic E-state index is 9.59. The van der Waals surface area contributed by atoms with Gasteiger partial charge in [-0.1, -0.05) is 19.3 Å². The van der Waals surface area contributed by atoms with Crippen molar-refractivity contribution in [3.05, 3.63) is 0 Å². The first-order valence-electron chi connectivity index (χ1n) is 6.91. The van der Waals surface area contributed by atoms with Gasteiger partial charge in [0.05, 0.1) is 6.61 Å². The Kier molecular flexibility index (Phi) is 4.62. The van der Waals surface area contributed by atoms with Gasteiger partial charge >= 0.3 is 0 Å². The monoisotopic (exact) mass is 226 g/mol. The van der Waals surface area contributed by atoms with Crippen LogP contribution in [0, 0.1) is 5.92 Å². The van der Waals surface area contributed by atoms with Gasteiger partial charge in [0.1, 0.15) is 0 Å². The maximum absolute atomic E-state index is 9.59. The standard InChI is InChI=1S/C13H26N2O/c16-11-13(6-2-1-3-7-13)15-10-12-5-4-8-14-9-12/h12,14-16H,1-11H2. The third kappa shape index (κ3) is 3.19. The summed E-state index contributed by atoms with van der Waals surface area (Å²) in [5, 5.41) is 16.7. The van der Waals surface area contributed by atoms with E-state index in [1.54, 1.807) is 0 Å². The Morgan fingerprint density at radius 1 is 1.19 bits per heavy atom.